The van der Waals surface area contributed by atoms with Crippen LogP contribution in [0, 0.1) is 18.3 Å². The molecule has 1 rings (SSSR count). The monoisotopic (exact) mass is 233 g/mol. The van der Waals surface area contributed by atoms with Crippen molar-refractivity contribution in [1.82, 2.24) is 5.32 Å². The number of alkyl halides is 2. The second kappa shape index (κ2) is 7.18. The first-order valence-corrected chi connectivity index (χ1v) is 4.93. The van der Waals surface area contributed by atoms with Crippen LogP contribution in [0.1, 0.15) is 19.3 Å². The third kappa shape index (κ3) is 6.36. The molecule has 1 aliphatic rings. The Balaban J connectivity index is 0.000000673. The molecule has 92 valence electrons. The molecule has 0 unspecified atom stereocenters. The third-order valence-corrected chi connectivity index (χ3v) is 2.04. The van der Waals surface area contributed by atoms with Gasteiger partial charge in [0.25, 0.3) is 0 Å². The number of terminal acetylenes is 1. The Hall–Kier alpha value is -1.15. The van der Waals surface area contributed by atoms with Crippen LogP contribution < -0.4 is 5.32 Å². The lowest BCUT2D eigenvalue weighted by Crippen LogP contribution is -2.38. The Bertz CT molecular complexity index is 253. The zero-order valence-corrected chi connectivity index (χ0v) is 9.56. The number of nitrogens with one attached hydrogen (secondary N) is 1. The summed E-state index contributed by atoms with van der Waals surface area (Å²) in [6.07, 6.45) is 4.74. The highest BCUT2D eigenvalue weighted by Gasteiger charge is 2.45. The highest BCUT2D eigenvalue weighted by atomic mass is 19.3. The first-order chi connectivity index (χ1) is 7.45. The van der Waals surface area contributed by atoms with Gasteiger partial charge in [0, 0.05) is 33.5 Å². The van der Waals surface area contributed by atoms with Gasteiger partial charge in [0.2, 0.25) is 11.8 Å². The smallest absolute Gasteiger partial charge is 0.248 e. The Morgan fingerprint density at radius 3 is 2.44 bits per heavy atom. The van der Waals surface area contributed by atoms with E-state index in [0.29, 0.717) is 0 Å². The highest BCUT2D eigenvalue weighted by molar-refractivity contribution is 5.76. The number of ether oxygens (including phenoxy) is 1. The van der Waals surface area contributed by atoms with Crippen LogP contribution in [0.2, 0.25) is 0 Å². The topological polar surface area (TPSA) is 38.3 Å². The third-order valence-electron chi connectivity index (χ3n) is 2.04. The van der Waals surface area contributed by atoms with Gasteiger partial charge in [-0.3, -0.25) is 4.79 Å². The van der Waals surface area contributed by atoms with Crippen LogP contribution in [0.5, 0.6) is 0 Å². The van der Waals surface area contributed by atoms with Crippen molar-refractivity contribution in [2.45, 2.75) is 25.2 Å². The van der Waals surface area contributed by atoms with Crippen molar-refractivity contribution in [3.8, 4) is 12.3 Å². The molecule has 5 heteroatoms. The summed E-state index contributed by atoms with van der Waals surface area (Å²) in [7, 11) is 3.25. The molecule has 0 aromatic carbocycles. The van der Waals surface area contributed by atoms with Crippen LogP contribution in [0.3, 0.4) is 0 Å². The van der Waals surface area contributed by atoms with Gasteiger partial charge in [-0.25, -0.2) is 8.78 Å². The summed E-state index contributed by atoms with van der Waals surface area (Å²) < 4.78 is 28.9. The first kappa shape index (κ1) is 14.8. The normalized spacial score (nSPS) is 17.4. The molecule has 0 atom stereocenters. The van der Waals surface area contributed by atoms with Crippen LogP contribution >= 0.6 is 0 Å². The van der Waals surface area contributed by atoms with E-state index in [1.54, 1.807) is 14.2 Å². The van der Waals surface area contributed by atoms with Crippen LogP contribution in [-0.4, -0.2) is 32.6 Å². The Kier molecular flexibility index (Phi) is 6.66. The predicted octanol–water partition coefficient (Wildman–Crippen LogP) is 1.43. The molecule has 1 fully saturated rings. The quantitative estimate of drug-likeness (QED) is 0.749. The maximum absolute atomic E-state index is 12.3. The van der Waals surface area contributed by atoms with Crippen LogP contribution in [-0.2, 0) is 9.53 Å². The number of carbonyl (C=O) groups is 1. The summed E-state index contributed by atoms with van der Waals surface area (Å²) in [6.45, 7) is 0.169. The van der Waals surface area contributed by atoms with E-state index in [9.17, 15) is 13.6 Å². The van der Waals surface area contributed by atoms with Gasteiger partial charge in [0.05, 0.1) is 6.54 Å². The molecule has 3 nitrogen and oxygen atoms in total. The van der Waals surface area contributed by atoms with Crippen LogP contribution in [0.15, 0.2) is 0 Å². The molecule has 0 aliphatic heterocycles. The molecule has 0 aromatic heterocycles. The zero-order valence-electron chi connectivity index (χ0n) is 9.56. The summed E-state index contributed by atoms with van der Waals surface area (Å²) in [4.78, 5) is 11.0. The van der Waals surface area contributed by atoms with Crippen molar-refractivity contribution in [1.29, 1.82) is 0 Å². The van der Waals surface area contributed by atoms with E-state index in [0.717, 1.165) is 0 Å². The van der Waals surface area contributed by atoms with Gasteiger partial charge >= 0.3 is 0 Å². The Morgan fingerprint density at radius 2 is 2.06 bits per heavy atom. The predicted molar refractivity (Wildman–Crippen MR) is 57.1 cm³/mol. The van der Waals surface area contributed by atoms with Crippen molar-refractivity contribution in [2.75, 3.05) is 20.8 Å². The minimum absolute atomic E-state index is 0.164. The molecule has 1 saturated carbocycles. The molecule has 0 bridgehead atoms. The lowest BCUT2D eigenvalue weighted by Gasteiger charge is -2.34. The molecule has 1 amide bonds. The number of amides is 1. The number of halogens is 2. The zero-order chi connectivity index (χ0) is 12.6. The molecule has 0 saturated heterocycles. The largest absolute Gasteiger partial charge is 0.388 e. The standard InChI is InChI=1S/C9H11F2NO.C2H6O/c1-2-3-12-8(13)4-7-5-9(10,11)6-7;1-3-2/h1,7H,3-6H2,(H,12,13);1-2H3. The van der Waals surface area contributed by atoms with E-state index in [1.165, 1.54) is 0 Å². The minimum Gasteiger partial charge on any atom is -0.388 e. The fraction of sp³-hybridized carbons (Fsp3) is 0.727. The van der Waals surface area contributed by atoms with E-state index in [2.05, 4.69) is 16.0 Å². The summed E-state index contributed by atoms with van der Waals surface area (Å²) in [5, 5.41) is 2.44. The fourth-order valence-corrected chi connectivity index (χ4v) is 1.41. The molecular formula is C11H17F2NO2. The van der Waals surface area contributed by atoms with E-state index in [1.807, 2.05) is 0 Å². The molecule has 0 heterocycles. The summed E-state index contributed by atoms with van der Waals surface area (Å²) >= 11 is 0. The van der Waals surface area contributed by atoms with Crippen molar-refractivity contribution < 1.29 is 18.3 Å². The average molecular weight is 233 g/mol. The van der Waals surface area contributed by atoms with Crippen molar-refractivity contribution in [3.63, 3.8) is 0 Å². The Labute approximate surface area is 94.5 Å². The van der Waals surface area contributed by atoms with Crippen molar-refractivity contribution in [3.05, 3.63) is 0 Å². The van der Waals surface area contributed by atoms with Crippen molar-refractivity contribution >= 4 is 5.91 Å². The molecule has 0 aromatic rings. The van der Waals surface area contributed by atoms with E-state index < -0.39 is 5.92 Å². The number of carbonyl (C=O) groups excluding carboxylic acids is 1. The molecule has 1 aliphatic carbocycles. The molecule has 0 radical (unpaired) electrons. The molecule has 16 heavy (non-hydrogen) atoms. The summed E-state index contributed by atoms with van der Waals surface area (Å²) in [6, 6.07) is 0. The highest BCUT2D eigenvalue weighted by Crippen LogP contribution is 2.43. The number of hydrogen-bond acceptors (Lipinski definition) is 2. The van der Waals surface area contributed by atoms with Crippen molar-refractivity contribution in [2.24, 2.45) is 5.92 Å². The van der Waals surface area contributed by atoms with Gasteiger partial charge in [-0.05, 0) is 5.92 Å². The SMILES string of the molecule is C#CCNC(=O)CC1CC(F)(F)C1.COC. The lowest BCUT2D eigenvalue weighted by atomic mass is 9.79. The van der Waals surface area contributed by atoms with E-state index >= 15 is 0 Å². The summed E-state index contributed by atoms with van der Waals surface area (Å²) in [5.41, 5.74) is 0. The van der Waals surface area contributed by atoms with Crippen LogP contribution in [0.4, 0.5) is 8.78 Å². The van der Waals surface area contributed by atoms with Gasteiger partial charge in [-0.1, -0.05) is 5.92 Å². The van der Waals surface area contributed by atoms with Crippen LogP contribution in [0.25, 0.3) is 0 Å². The molecular weight excluding hydrogens is 216 g/mol. The lowest BCUT2D eigenvalue weighted by molar-refractivity contribution is -0.133. The maximum atomic E-state index is 12.3. The summed E-state index contributed by atoms with van der Waals surface area (Å²) in [5.74, 6) is -0.711. The minimum atomic E-state index is -2.54. The number of methoxy groups -OCH3 is 1. The van der Waals surface area contributed by atoms with Gasteiger partial charge in [-0.15, -0.1) is 6.42 Å². The van der Waals surface area contributed by atoms with Gasteiger partial charge in [-0.2, -0.15) is 0 Å². The Morgan fingerprint density at radius 1 is 1.56 bits per heavy atom. The van der Waals surface area contributed by atoms with Gasteiger partial charge in [0.1, 0.15) is 0 Å². The second-order valence-corrected chi connectivity index (χ2v) is 3.72. The van der Waals surface area contributed by atoms with Gasteiger partial charge in [0.15, 0.2) is 0 Å². The average Bonchev–Trinajstić information content (AvgIpc) is 2.13. The van der Waals surface area contributed by atoms with Gasteiger partial charge < -0.3 is 10.1 Å². The second-order valence-electron chi connectivity index (χ2n) is 3.72. The van der Waals surface area contributed by atoms with E-state index in [-0.39, 0.29) is 37.6 Å². The fourth-order valence-electron chi connectivity index (χ4n) is 1.41. The van der Waals surface area contributed by atoms with E-state index in [4.69, 9.17) is 6.42 Å². The molecule has 0 spiro atoms. The first-order valence-electron chi connectivity index (χ1n) is 4.93. The maximum Gasteiger partial charge on any atom is 0.248 e. The number of hydrogen-bond donors (Lipinski definition) is 1. The molecule has 1 N–H and O–H groups in total. The number of rotatable bonds is 3.